The summed E-state index contributed by atoms with van der Waals surface area (Å²) in [7, 11) is 0. The van der Waals surface area contributed by atoms with Crippen molar-refractivity contribution in [2.24, 2.45) is 0 Å². The van der Waals surface area contributed by atoms with Crippen LogP contribution in [0.25, 0.3) is 32.3 Å². The Balaban J connectivity index is 1.29. The second kappa shape index (κ2) is 22.9. The summed E-state index contributed by atoms with van der Waals surface area (Å²) >= 11 is 3.04. The molecule has 0 fully saturated rings. The molecule has 0 radical (unpaired) electrons. The third-order valence-corrected chi connectivity index (χ3v) is 14.4. The van der Waals surface area contributed by atoms with E-state index < -0.39 is 11.7 Å². The lowest BCUT2D eigenvalue weighted by Crippen LogP contribution is -2.30. The van der Waals surface area contributed by atoms with Crippen LogP contribution in [0, 0.1) is 6.92 Å². The van der Waals surface area contributed by atoms with Crippen LogP contribution >= 0.6 is 22.7 Å². The Morgan fingerprint density at radius 3 is 1.13 bits per heavy atom. The van der Waals surface area contributed by atoms with Crippen molar-refractivity contribution in [3.63, 3.8) is 0 Å². The Bertz CT molecular complexity index is 2090. The van der Waals surface area contributed by atoms with Gasteiger partial charge in [0, 0.05) is 22.8 Å². The number of benzene rings is 2. The monoisotopic (exact) mass is 870 g/mol. The molecule has 0 spiro atoms. The van der Waals surface area contributed by atoms with Gasteiger partial charge in [0.05, 0.1) is 37.9 Å². The summed E-state index contributed by atoms with van der Waals surface area (Å²) in [6.45, 7) is 7.60. The number of unbranched alkanes of at least 4 members (excludes halogenated alkanes) is 18. The highest BCUT2D eigenvalue weighted by molar-refractivity contribution is 7.17. The molecular weight excluding hydrogens is 806 g/mol. The van der Waals surface area contributed by atoms with E-state index >= 15 is 0 Å². The van der Waals surface area contributed by atoms with Gasteiger partial charge in [0.2, 0.25) is 0 Å². The zero-order valence-corrected chi connectivity index (χ0v) is 38.3. The predicted molar refractivity (Wildman–Crippen MR) is 250 cm³/mol. The van der Waals surface area contributed by atoms with Crippen molar-refractivity contribution in [3.8, 4) is 20.9 Å². The minimum Gasteiger partial charge on any atom is -0.306 e. The van der Waals surface area contributed by atoms with E-state index in [1.54, 1.807) is 11.3 Å². The molecule has 4 nitrogen and oxygen atoms in total. The summed E-state index contributed by atoms with van der Waals surface area (Å²) in [6, 6.07) is 21.7. The number of hydrogen-bond donors (Lipinski definition) is 0. The molecule has 2 aliphatic heterocycles. The van der Waals surface area contributed by atoms with Crippen LogP contribution in [0.15, 0.2) is 83.9 Å². The first-order valence-corrected chi connectivity index (χ1v) is 24.8. The molecule has 0 bridgehead atoms. The molecule has 4 heterocycles. The van der Waals surface area contributed by atoms with E-state index in [2.05, 4.69) is 57.2 Å². The smallest absolute Gasteiger partial charge is 0.306 e. The molecule has 6 rings (SSSR count). The van der Waals surface area contributed by atoms with Gasteiger partial charge in [-0.15, -0.1) is 22.7 Å². The lowest BCUT2D eigenvalue weighted by Gasteiger charge is -2.24. The molecule has 0 unspecified atom stereocenters. The van der Waals surface area contributed by atoms with E-state index in [1.807, 2.05) is 21.9 Å². The van der Waals surface area contributed by atoms with Crippen LogP contribution in [0.5, 0.6) is 0 Å². The molecule has 4 aromatic rings. The topological polar surface area (TPSA) is 40.6 Å². The van der Waals surface area contributed by atoms with Crippen molar-refractivity contribution >= 4 is 45.9 Å². The van der Waals surface area contributed by atoms with Crippen LogP contribution in [0.2, 0.25) is 0 Å². The van der Waals surface area contributed by atoms with Crippen molar-refractivity contribution in [3.05, 3.63) is 105 Å². The quantitative estimate of drug-likeness (QED) is 0.0590. The molecule has 0 saturated carbocycles. The number of alkyl halides is 3. The first-order chi connectivity index (χ1) is 29.6. The molecule has 0 saturated heterocycles. The van der Waals surface area contributed by atoms with Gasteiger partial charge in [-0.05, 0) is 67.3 Å². The van der Waals surface area contributed by atoms with Crippen LogP contribution in [0.4, 0.5) is 13.2 Å². The van der Waals surface area contributed by atoms with Crippen LogP contribution in [-0.4, -0.2) is 34.7 Å². The van der Waals surface area contributed by atoms with E-state index in [4.69, 9.17) is 0 Å². The maximum Gasteiger partial charge on any atom is 0.416 e. The molecule has 0 atom stereocenters. The molecule has 9 heteroatoms. The van der Waals surface area contributed by atoms with Gasteiger partial charge in [0.1, 0.15) is 0 Å². The summed E-state index contributed by atoms with van der Waals surface area (Å²) in [5.74, 6) is -0.269. The Morgan fingerprint density at radius 1 is 0.443 bits per heavy atom. The molecule has 2 aromatic heterocycles. The van der Waals surface area contributed by atoms with Gasteiger partial charge in [-0.2, -0.15) is 13.2 Å². The van der Waals surface area contributed by atoms with Gasteiger partial charge in [-0.25, -0.2) is 0 Å². The Morgan fingerprint density at radius 2 is 0.770 bits per heavy atom. The molecule has 61 heavy (non-hydrogen) atoms. The Labute approximate surface area is 371 Å². The molecule has 2 aliphatic rings. The van der Waals surface area contributed by atoms with E-state index in [9.17, 15) is 22.8 Å². The first-order valence-electron chi connectivity index (χ1n) is 23.2. The van der Waals surface area contributed by atoms with Gasteiger partial charge in [-0.3, -0.25) is 9.59 Å². The maximum absolute atomic E-state index is 15.0. The normalized spacial score (nSPS) is 14.4. The third kappa shape index (κ3) is 12.2. The minimum atomic E-state index is -4.42. The first kappa shape index (κ1) is 46.6. The number of thiophene rings is 2. The summed E-state index contributed by atoms with van der Waals surface area (Å²) in [6.07, 6.45) is 19.2. The van der Waals surface area contributed by atoms with Gasteiger partial charge in [-0.1, -0.05) is 171 Å². The summed E-state index contributed by atoms with van der Waals surface area (Å²) in [5, 5.41) is 0. The van der Waals surface area contributed by atoms with Crippen molar-refractivity contribution in [1.29, 1.82) is 0 Å². The van der Waals surface area contributed by atoms with Gasteiger partial charge < -0.3 is 9.80 Å². The highest BCUT2D eigenvalue weighted by Crippen LogP contribution is 2.50. The number of halogens is 3. The number of carbonyl (C=O) groups excluding carboxylic acids is 2. The lowest BCUT2D eigenvalue weighted by atomic mass is 10.1. The van der Waals surface area contributed by atoms with Crippen LogP contribution in [-0.2, 0) is 15.8 Å². The highest BCUT2D eigenvalue weighted by atomic mass is 32.1. The zero-order valence-electron chi connectivity index (χ0n) is 36.6. The average molecular weight is 871 g/mol. The van der Waals surface area contributed by atoms with Crippen molar-refractivity contribution in [1.82, 2.24) is 9.80 Å². The predicted octanol–water partition coefficient (Wildman–Crippen LogP) is 16.1. The summed E-state index contributed by atoms with van der Waals surface area (Å²) < 4.78 is 40.3. The molecule has 2 aromatic carbocycles. The number of hydrogen-bond acceptors (Lipinski definition) is 4. The average Bonchev–Trinajstić information content (AvgIpc) is 4.05. The zero-order chi connectivity index (χ0) is 43.2. The fraction of sp³-hybridized carbons (Fsp3) is 0.500. The Kier molecular flexibility index (Phi) is 17.5. The van der Waals surface area contributed by atoms with Gasteiger partial charge >= 0.3 is 6.18 Å². The third-order valence-electron chi connectivity index (χ3n) is 12.2. The SMILES string of the molecule is CCCCCCCCCCCCN1C(=O)C2=C(c3ccc(-c4ccc(C(F)(F)F)cc4)s3)N(CCCCCCCCCCCC)C(=O)C2=C1c1ccc(-c2ccc(C)cc2)s1. The summed E-state index contributed by atoms with van der Waals surface area (Å²) in [4.78, 5) is 37.2. The van der Waals surface area contributed by atoms with Gasteiger partial charge in [0.15, 0.2) is 0 Å². The van der Waals surface area contributed by atoms with Crippen LogP contribution in [0.3, 0.4) is 0 Å². The molecule has 2 amide bonds. The number of aryl methyl sites for hydroxylation is 1. The fourth-order valence-corrected chi connectivity index (χ4v) is 10.8. The lowest BCUT2D eigenvalue weighted by molar-refractivity contribution is -0.137. The van der Waals surface area contributed by atoms with Gasteiger partial charge in [0.25, 0.3) is 11.8 Å². The van der Waals surface area contributed by atoms with Crippen LogP contribution < -0.4 is 0 Å². The van der Waals surface area contributed by atoms with E-state index in [-0.39, 0.29) is 11.8 Å². The second-order valence-corrected chi connectivity index (χ2v) is 19.2. The van der Waals surface area contributed by atoms with Crippen molar-refractivity contribution in [2.45, 2.75) is 155 Å². The van der Waals surface area contributed by atoms with E-state index in [0.717, 1.165) is 75.7 Å². The number of amides is 2. The molecule has 0 N–H and O–H groups in total. The van der Waals surface area contributed by atoms with Crippen LogP contribution in [0.1, 0.15) is 163 Å². The Hall–Kier alpha value is -3.95. The molecular formula is C52H65F3N2O2S2. The van der Waals surface area contributed by atoms with Crippen molar-refractivity contribution < 1.29 is 22.8 Å². The fourth-order valence-electron chi connectivity index (χ4n) is 8.63. The standard InChI is InChI=1S/C52H65F3N2O2S2/c1-4-6-8-10-12-14-16-18-20-22-36-56-48(44-34-32-42(60-44)39-26-24-38(3)25-27-39)46-47(51(56)59)49(57(50(46)58)37-23-21-19-17-15-13-11-9-7-5-2)45-35-33-43(61-45)40-28-30-41(31-29-40)52(53,54)55/h24-35H,4-23,36-37H2,1-3H3. The number of nitrogens with zero attached hydrogens (tertiary/aromatic N) is 2. The maximum atomic E-state index is 15.0. The number of rotatable bonds is 26. The number of fused-ring (bicyclic) bond motifs is 1. The number of carbonyl (C=O) groups is 2. The van der Waals surface area contributed by atoms with E-state index in [0.29, 0.717) is 41.2 Å². The van der Waals surface area contributed by atoms with Crippen molar-refractivity contribution in [2.75, 3.05) is 13.1 Å². The summed E-state index contributed by atoms with van der Waals surface area (Å²) in [5.41, 5.74) is 4.57. The highest BCUT2D eigenvalue weighted by Gasteiger charge is 2.49. The second-order valence-electron chi connectivity index (χ2n) is 17.0. The molecule has 328 valence electrons. The minimum absolute atomic E-state index is 0.135. The van der Waals surface area contributed by atoms with E-state index in [1.165, 1.54) is 119 Å². The largest absolute Gasteiger partial charge is 0.416 e. The molecule has 0 aliphatic carbocycles.